The predicted octanol–water partition coefficient (Wildman–Crippen LogP) is 4.68. The van der Waals surface area contributed by atoms with Crippen molar-refractivity contribution in [1.82, 2.24) is 10.5 Å². The fourth-order valence-electron chi connectivity index (χ4n) is 3.74. The molecule has 0 radical (unpaired) electrons. The van der Waals surface area contributed by atoms with Crippen molar-refractivity contribution in [3.8, 4) is 5.75 Å². The normalized spacial score (nSPS) is 15.7. The highest BCUT2D eigenvalue weighted by Gasteiger charge is 2.22. The largest absolute Gasteiger partial charge is 0.489 e. The minimum absolute atomic E-state index is 0.0596. The van der Waals surface area contributed by atoms with Crippen molar-refractivity contribution in [2.75, 3.05) is 0 Å². The molecule has 0 spiro atoms. The number of benzene rings is 2. The number of rotatable bonds is 5. The maximum atomic E-state index is 12.8. The number of aromatic nitrogens is 1. The van der Waals surface area contributed by atoms with Crippen LogP contribution in [0.4, 0.5) is 0 Å². The molecule has 1 heterocycles. The Morgan fingerprint density at radius 1 is 1.21 bits per heavy atom. The second-order valence-electron chi connectivity index (χ2n) is 7.24. The third kappa shape index (κ3) is 3.79. The number of hydrogen-bond donors (Lipinski definition) is 1. The summed E-state index contributed by atoms with van der Waals surface area (Å²) in [4.78, 5) is 12.8. The smallest absolute Gasteiger partial charge is 0.251 e. The molecule has 0 bridgehead atoms. The summed E-state index contributed by atoms with van der Waals surface area (Å²) in [6, 6.07) is 15.7. The lowest BCUT2D eigenvalue weighted by atomic mass is 9.87. The molecular weight excluding hydrogens is 352 g/mol. The van der Waals surface area contributed by atoms with Crippen LogP contribution in [0, 0.1) is 13.8 Å². The lowest BCUT2D eigenvalue weighted by molar-refractivity contribution is 0.0932. The van der Waals surface area contributed by atoms with E-state index in [9.17, 15) is 4.79 Å². The standard InChI is InChI=1S/C23H24N2O3/c1-15-21(16(2)28-25-15)14-27-19-10-5-9-18(13-19)23(26)24-22-12-6-8-17-7-3-4-11-20(17)22/h3-5,7,9-11,13,22H,6,8,12,14H2,1-2H3,(H,24,26)/t22-/m1/s1. The van der Waals surface area contributed by atoms with E-state index in [1.165, 1.54) is 11.1 Å². The van der Waals surface area contributed by atoms with Crippen molar-refractivity contribution in [2.45, 2.75) is 45.8 Å². The molecule has 1 aliphatic carbocycles. The van der Waals surface area contributed by atoms with Crippen molar-refractivity contribution >= 4 is 5.91 Å². The van der Waals surface area contributed by atoms with E-state index >= 15 is 0 Å². The van der Waals surface area contributed by atoms with Gasteiger partial charge in [0.25, 0.3) is 5.91 Å². The molecule has 144 valence electrons. The van der Waals surface area contributed by atoms with Gasteiger partial charge in [-0.1, -0.05) is 35.5 Å². The molecule has 3 aromatic rings. The van der Waals surface area contributed by atoms with Crippen LogP contribution in [-0.4, -0.2) is 11.1 Å². The molecule has 2 aromatic carbocycles. The highest BCUT2D eigenvalue weighted by Crippen LogP contribution is 2.30. The van der Waals surface area contributed by atoms with Crippen LogP contribution in [-0.2, 0) is 13.0 Å². The van der Waals surface area contributed by atoms with Crippen LogP contribution in [0.25, 0.3) is 0 Å². The Morgan fingerprint density at radius 3 is 2.89 bits per heavy atom. The Kier molecular flexibility index (Phi) is 5.15. The summed E-state index contributed by atoms with van der Waals surface area (Å²) in [7, 11) is 0. The molecule has 4 rings (SSSR count). The van der Waals surface area contributed by atoms with Crippen LogP contribution in [0.5, 0.6) is 5.75 Å². The summed E-state index contributed by atoms with van der Waals surface area (Å²) in [6.07, 6.45) is 3.13. The third-order valence-corrected chi connectivity index (χ3v) is 5.34. The fraction of sp³-hybridized carbons (Fsp3) is 0.304. The van der Waals surface area contributed by atoms with Crippen LogP contribution >= 0.6 is 0 Å². The molecule has 0 saturated carbocycles. The molecule has 5 nitrogen and oxygen atoms in total. The lowest BCUT2D eigenvalue weighted by Crippen LogP contribution is -2.30. The zero-order chi connectivity index (χ0) is 19.5. The number of fused-ring (bicyclic) bond motifs is 1. The first-order valence-corrected chi connectivity index (χ1v) is 9.65. The zero-order valence-corrected chi connectivity index (χ0v) is 16.2. The number of nitrogens with one attached hydrogen (secondary N) is 1. The van der Waals surface area contributed by atoms with E-state index in [1.807, 2.05) is 38.1 Å². The molecule has 0 fully saturated rings. The maximum Gasteiger partial charge on any atom is 0.251 e. The minimum atomic E-state index is -0.0792. The number of carbonyl (C=O) groups is 1. The van der Waals surface area contributed by atoms with Gasteiger partial charge in [0.1, 0.15) is 18.1 Å². The fourth-order valence-corrected chi connectivity index (χ4v) is 3.74. The third-order valence-electron chi connectivity index (χ3n) is 5.34. The second kappa shape index (κ2) is 7.89. The highest BCUT2D eigenvalue weighted by molar-refractivity contribution is 5.94. The van der Waals surface area contributed by atoms with Gasteiger partial charge in [-0.05, 0) is 62.4 Å². The van der Waals surface area contributed by atoms with Crippen molar-refractivity contribution in [3.63, 3.8) is 0 Å². The zero-order valence-electron chi connectivity index (χ0n) is 16.2. The van der Waals surface area contributed by atoms with Gasteiger partial charge in [-0.25, -0.2) is 0 Å². The number of hydrogen-bond acceptors (Lipinski definition) is 4. The minimum Gasteiger partial charge on any atom is -0.489 e. The van der Waals surface area contributed by atoms with E-state index in [-0.39, 0.29) is 11.9 Å². The van der Waals surface area contributed by atoms with Crippen LogP contribution in [0.1, 0.15) is 57.4 Å². The maximum absolute atomic E-state index is 12.8. The number of carbonyl (C=O) groups excluding carboxylic acids is 1. The van der Waals surface area contributed by atoms with Crippen molar-refractivity contribution in [3.05, 3.63) is 82.2 Å². The SMILES string of the molecule is Cc1noc(C)c1COc1cccc(C(=O)N[C@@H]2CCCc3ccccc32)c1. The van der Waals surface area contributed by atoms with Gasteiger partial charge >= 0.3 is 0 Å². The van der Waals surface area contributed by atoms with Gasteiger partial charge in [0, 0.05) is 5.56 Å². The summed E-state index contributed by atoms with van der Waals surface area (Å²) in [5.41, 5.74) is 4.92. The number of amides is 1. The Balaban J connectivity index is 1.45. The highest BCUT2D eigenvalue weighted by atomic mass is 16.5. The molecule has 0 unspecified atom stereocenters. The Bertz CT molecular complexity index is 974. The topological polar surface area (TPSA) is 64.4 Å². The van der Waals surface area contributed by atoms with Crippen LogP contribution < -0.4 is 10.1 Å². The molecule has 28 heavy (non-hydrogen) atoms. The van der Waals surface area contributed by atoms with E-state index < -0.39 is 0 Å². The van der Waals surface area contributed by atoms with Crippen molar-refractivity contribution in [2.24, 2.45) is 0 Å². The summed E-state index contributed by atoms with van der Waals surface area (Å²) >= 11 is 0. The molecule has 0 saturated heterocycles. The predicted molar refractivity (Wildman–Crippen MR) is 106 cm³/mol. The molecule has 1 aliphatic rings. The van der Waals surface area contributed by atoms with Crippen molar-refractivity contribution < 1.29 is 14.1 Å². The van der Waals surface area contributed by atoms with E-state index in [2.05, 4.69) is 28.7 Å². The Hall–Kier alpha value is -3.08. The van der Waals surface area contributed by atoms with Crippen LogP contribution in [0.2, 0.25) is 0 Å². The summed E-state index contributed by atoms with van der Waals surface area (Å²) in [5.74, 6) is 1.32. The number of nitrogens with zero attached hydrogens (tertiary/aromatic N) is 1. The van der Waals surface area contributed by atoms with E-state index in [0.717, 1.165) is 36.3 Å². The van der Waals surface area contributed by atoms with E-state index in [1.54, 1.807) is 6.07 Å². The quantitative estimate of drug-likeness (QED) is 0.702. The first-order chi connectivity index (χ1) is 13.6. The van der Waals surface area contributed by atoms with Gasteiger partial charge in [0.2, 0.25) is 0 Å². The van der Waals surface area contributed by atoms with Gasteiger partial charge in [0.15, 0.2) is 0 Å². The first-order valence-electron chi connectivity index (χ1n) is 9.65. The molecular formula is C23H24N2O3. The number of aryl methyl sites for hydroxylation is 3. The van der Waals surface area contributed by atoms with Crippen LogP contribution in [0.3, 0.4) is 0 Å². The number of ether oxygens (including phenoxy) is 1. The molecule has 1 atom stereocenters. The van der Waals surface area contributed by atoms with Gasteiger partial charge in [-0.15, -0.1) is 0 Å². The van der Waals surface area contributed by atoms with Crippen molar-refractivity contribution in [1.29, 1.82) is 0 Å². The molecule has 1 amide bonds. The molecule has 1 aromatic heterocycles. The van der Waals surface area contributed by atoms with Gasteiger partial charge < -0.3 is 14.6 Å². The van der Waals surface area contributed by atoms with Gasteiger partial charge in [-0.2, -0.15) is 0 Å². The molecule has 1 N–H and O–H groups in total. The molecule has 5 heteroatoms. The molecule has 0 aliphatic heterocycles. The van der Waals surface area contributed by atoms with E-state index in [0.29, 0.717) is 17.9 Å². The Labute approximate surface area is 164 Å². The average Bonchev–Trinajstić information content (AvgIpc) is 3.04. The summed E-state index contributed by atoms with van der Waals surface area (Å²) < 4.78 is 11.0. The first kappa shape index (κ1) is 18.3. The average molecular weight is 376 g/mol. The van der Waals surface area contributed by atoms with Gasteiger partial charge in [0.05, 0.1) is 17.3 Å². The van der Waals surface area contributed by atoms with Crippen LogP contribution in [0.15, 0.2) is 53.1 Å². The lowest BCUT2D eigenvalue weighted by Gasteiger charge is -2.26. The summed E-state index contributed by atoms with van der Waals surface area (Å²) in [5, 5.41) is 7.13. The Morgan fingerprint density at radius 2 is 2.07 bits per heavy atom. The van der Waals surface area contributed by atoms with E-state index in [4.69, 9.17) is 9.26 Å². The summed E-state index contributed by atoms with van der Waals surface area (Å²) in [6.45, 7) is 4.12. The second-order valence-corrected chi connectivity index (χ2v) is 7.24. The van der Waals surface area contributed by atoms with Gasteiger partial charge in [-0.3, -0.25) is 4.79 Å². The monoisotopic (exact) mass is 376 g/mol.